The Morgan fingerprint density at radius 3 is 2.11 bits per heavy atom. The third-order valence-corrected chi connectivity index (χ3v) is 4.14. The van der Waals surface area contributed by atoms with Gasteiger partial charge in [-0.2, -0.15) is 23.0 Å². The Kier molecular flexibility index (Phi) is 4.34. The normalized spacial score (nSPS) is 11.8. The van der Waals surface area contributed by atoms with E-state index in [-0.39, 0.29) is 17.1 Å². The van der Waals surface area contributed by atoms with Crippen molar-refractivity contribution in [1.82, 2.24) is 30.0 Å². The summed E-state index contributed by atoms with van der Waals surface area (Å²) in [6.07, 6.45) is -3.75. The van der Waals surface area contributed by atoms with Gasteiger partial charge in [-0.25, -0.2) is 9.07 Å². The highest BCUT2D eigenvalue weighted by molar-refractivity contribution is 6.30. The molecule has 0 fully saturated rings. The second kappa shape index (κ2) is 6.71. The molecule has 0 N–H and O–H groups in total. The maximum atomic E-state index is 13.9. The lowest BCUT2D eigenvalue weighted by atomic mass is 10.2. The van der Waals surface area contributed by atoms with Gasteiger partial charge < -0.3 is 0 Å². The van der Waals surface area contributed by atoms with Crippen molar-refractivity contribution < 1.29 is 17.6 Å². The summed E-state index contributed by atoms with van der Waals surface area (Å²) in [5.74, 6) is -0.723. The molecule has 0 bridgehead atoms. The van der Waals surface area contributed by atoms with E-state index in [0.717, 1.165) is 23.0 Å². The van der Waals surface area contributed by atoms with Gasteiger partial charge in [-0.15, -0.1) is 5.10 Å². The summed E-state index contributed by atoms with van der Waals surface area (Å²) >= 11 is 5.85. The SMILES string of the molecule is Fc1ccc(-n2ncc(-c3nnnn3-c3ccc(Cl)cc3)c2C(F)(F)F)cc1. The number of halogens is 5. The second-order valence-corrected chi connectivity index (χ2v) is 6.12. The predicted molar refractivity (Wildman–Crippen MR) is 91.7 cm³/mol. The Morgan fingerprint density at radius 2 is 1.46 bits per heavy atom. The van der Waals surface area contributed by atoms with Gasteiger partial charge in [0.15, 0.2) is 11.5 Å². The van der Waals surface area contributed by atoms with Crippen LogP contribution in [0.2, 0.25) is 5.02 Å². The van der Waals surface area contributed by atoms with Gasteiger partial charge in [-0.05, 0) is 59.0 Å². The van der Waals surface area contributed by atoms with E-state index in [0.29, 0.717) is 15.4 Å². The number of alkyl halides is 3. The Balaban J connectivity index is 1.89. The minimum atomic E-state index is -4.77. The van der Waals surface area contributed by atoms with Crippen molar-refractivity contribution in [3.63, 3.8) is 0 Å². The lowest BCUT2D eigenvalue weighted by molar-refractivity contribution is -0.142. The van der Waals surface area contributed by atoms with Crippen LogP contribution in [0.1, 0.15) is 5.69 Å². The molecule has 0 aliphatic rings. The molecule has 11 heteroatoms. The number of aromatic nitrogens is 6. The summed E-state index contributed by atoms with van der Waals surface area (Å²) < 4.78 is 56.5. The van der Waals surface area contributed by atoms with Crippen molar-refractivity contribution in [1.29, 1.82) is 0 Å². The van der Waals surface area contributed by atoms with Gasteiger partial charge in [0, 0.05) is 5.02 Å². The molecule has 0 atom stereocenters. The Bertz CT molecular complexity index is 1120. The number of hydrogen-bond donors (Lipinski definition) is 0. The van der Waals surface area contributed by atoms with Crippen molar-refractivity contribution in [2.45, 2.75) is 6.18 Å². The topological polar surface area (TPSA) is 61.4 Å². The van der Waals surface area contributed by atoms with E-state index in [9.17, 15) is 17.6 Å². The number of hydrogen-bond acceptors (Lipinski definition) is 4. The van der Waals surface area contributed by atoms with Crippen LogP contribution in [0.25, 0.3) is 22.8 Å². The standard InChI is InChI=1S/C17H9ClF4N6/c18-10-1-5-13(6-2-10)28-16(24-25-26-28)14-9-23-27(15(14)17(20,21)22)12-7-3-11(19)4-8-12/h1-9H. The summed E-state index contributed by atoms with van der Waals surface area (Å²) in [7, 11) is 0. The average molecular weight is 409 g/mol. The van der Waals surface area contributed by atoms with Crippen LogP contribution in [0.3, 0.4) is 0 Å². The first-order chi connectivity index (χ1) is 13.3. The van der Waals surface area contributed by atoms with E-state index < -0.39 is 17.7 Å². The number of benzene rings is 2. The van der Waals surface area contributed by atoms with Crippen LogP contribution >= 0.6 is 11.6 Å². The predicted octanol–water partition coefficient (Wildman–Crippen LogP) is 4.33. The molecule has 0 amide bonds. The van der Waals surface area contributed by atoms with Crippen molar-refractivity contribution in [3.8, 4) is 22.8 Å². The van der Waals surface area contributed by atoms with Crippen LogP contribution in [-0.2, 0) is 6.18 Å². The van der Waals surface area contributed by atoms with Crippen molar-refractivity contribution >= 4 is 11.6 Å². The molecule has 0 saturated heterocycles. The van der Waals surface area contributed by atoms with E-state index in [1.54, 1.807) is 24.3 Å². The zero-order valence-electron chi connectivity index (χ0n) is 13.8. The van der Waals surface area contributed by atoms with Crippen LogP contribution in [0.4, 0.5) is 17.6 Å². The lowest BCUT2D eigenvalue weighted by Crippen LogP contribution is -2.15. The molecule has 0 saturated carbocycles. The minimum absolute atomic E-state index is 0.0468. The first-order valence-electron chi connectivity index (χ1n) is 7.80. The summed E-state index contributed by atoms with van der Waals surface area (Å²) in [5, 5.41) is 15.3. The van der Waals surface area contributed by atoms with Gasteiger partial charge >= 0.3 is 6.18 Å². The van der Waals surface area contributed by atoms with E-state index in [1.165, 1.54) is 12.1 Å². The molecule has 2 aromatic heterocycles. The van der Waals surface area contributed by atoms with Crippen LogP contribution in [0, 0.1) is 5.82 Å². The fraction of sp³-hybridized carbons (Fsp3) is 0.0588. The molecule has 142 valence electrons. The first-order valence-corrected chi connectivity index (χ1v) is 8.18. The maximum Gasteiger partial charge on any atom is 0.434 e. The van der Waals surface area contributed by atoms with Crippen LogP contribution in [0.15, 0.2) is 54.7 Å². The zero-order chi connectivity index (χ0) is 19.9. The molecule has 0 unspecified atom stereocenters. The van der Waals surface area contributed by atoms with Crippen LogP contribution in [0.5, 0.6) is 0 Å². The Morgan fingerprint density at radius 1 is 0.857 bits per heavy atom. The fourth-order valence-corrected chi connectivity index (χ4v) is 2.80. The van der Waals surface area contributed by atoms with E-state index in [1.807, 2.05) is 0 Å². The average Bonchev–Trinajstić information content (AvgIpc) is 3.29. The lowest BCUT2D eigenvalue weighted by Gasteiger charge is -2.12. The fourth-order valence-electron chi connectivity index (χ4n) is 2.67. The molecule has 2 aromatic carbocycles. The molecule has 4 aromatic rings. The molecule has 2 heterocycles. The number of nitrogens with zero attached hydrogens (tertiary/aromatic N) is 6. The van der Waals surface area contributed by atoms with Crippen molar-refractivity contribution in [2.75, 3.05) is 0 Å². The Labute approximate surface area is 160 Å². The smallest absolute Gasteiger partial charge is 0.228 e. The van der Waals surface area contributed by atoms with Crippen molar-refractivity contribution in [3.05, 3.63) is 71.3 Å². The molecule has 28 heavy (non-hydrogen) atoms. The van der Waals surface area contributed by atoms with E-state index >= 15 is 0 Å². The molecule has 0 aliphatic heterocycles. The maximum absolute atomic E-state index is 13.9. The number of tetrazole rings is 1. The zero-order valence-corrected chi connectivity index (χ0v) is 14.5. The van der Waals surface area contributed by atoms with Crippen LogP contribution in [-0.4, -0.2) is 30.0 Å². The molecular weight excluding hydrogens is 400 g/mol. The summed E-state index contributed by atoms with van der Waals surface area (Å²) in [6.45, 7) is 0. The number of rotatable bonds is 3. The highest BCUT2D eigenvalue weighted by Gasteiger charge is 2.40. The van der Waals surface area contributed by atoms with Crippen molar-refractivity contribution in [2.24, 2.45) is 0 Å². The van der Waals surface area contributed by atoms with E-state index in [2.05, 4.69) is 20.6 Å². The van der Waals surface area contributed by atoms with E-state index in [4.69, 9.17) is 11.6 Å². The molecule has 0 spiro atoms. The van der Waals surface area contributed by atoms with Gasteiger partial charge in [0.25, 0.3) is 0 Å². The second-order valence-electron chi connectivity index (χ2n) is 5.68. The highest BCUT2D eigenvalue weighted by Crippen LogP contribution is 2.38. The quantitative estimate of drug-likeness (QED) is 0.473. The molecular formula is C17H9ClF4N6. The summed E-state index contributed by atoms with van der Waals surface area (Å²) in [6, 6.07) is 10.8. The molecule has 6 nitrogen and oxygen atoms in total. The molecule has 4 rings (SSSR count). The third kappa shape index (κ3) is 3.22. The Hall–Kier alpha value is -3.27. The minimum Gasteiger partial charge on any atom is -0.228 e. The van der Waals surface area contributed by atoms with Gasteiger partial charge in [0.05, 0.1) is 23.1 Å². The van der Waals surface area contributed by atoms with Gasteiger partial charge in [0.2, 0.25) is 0 Å². The van der Waals surface area contributed by atoms with Gasteiger partial charge in [-0.1, -0.05) is 11.6 Å². The third-order valence-electron chi connectivity index (χ3n) is 3.89. The van der Waals surface area contributed by atoms with Gasteiger partial charge in [0.1, 0.15) is 5.82 Å². The monoisotopic (exact) mass is 408 g/mol. The van der Waals surface area contributed by atoms with Crippen LogP contribution < -0.4 is 0 Å². The summed E-state index contributed by atoms with van der Waals surface area (Å²) in [5.41, 5.74) is -0.932. The summed E-state index contributed by atoms with van der Waals surface area (Å²) in [4.78, 5) is 0. The van der Waals surface area contributed by atoms with Gasteiger partial charge in [-0.3, -0.25) is 0 Å². The molecule has 0 aliphatic carbocycles. The highest BCUT2D eigenvalue weighted by atomic mass is 35.5. The molecule has 0 radical (unpaired) electrons. The first kappa shape index (κ1) is 18.1. The largest absolute Gasteiger partial charge is 0.434 e.